The fourth-order valence-corrected chi connectivity index (χ4v) is 1.03. The third-order valence-electron chi connectivity index (χ3n) is 2.12. The summed E-state index contributed by atoms with van der Waals surface area (Å²) in [5, 5.41) is 0. The van der Waals surface area contributed by atoms with Crippen LogP contribution in [-0.4, -0.2) is 19.3 Å². The largest absolute Gasteiger partial charge is 0.382 e. The van der Waals surface area contributed by atoms with E-state index in [0.29, 0.717) is 12.0 Å². The fraction of sp³-hybridized carbons (Fsp3) is 1.00. The van der Waals surface area contributed by atoms with Crippen molar-refractivity contribution >= 4 is 0 Å². The Bertz CT molecular complexity index is 85.6. The molecule has 0 saturated carbocycles. The standard InChI is InChI=1S/C9H21NO/c1-4-9(10)8(3)6-7-11-5-2/h8-9H,4-7,10H2,1-3H3. The van der Waals surface area contributed by atoms with E-state index in [2.05, 4.69) is 13.8 Å². The number of hydrogen-bond acceptors (Lipinski definition) is 2. The molecule has 0 fully saturated rings. The molecular formula is C9H21NO. The van der Waals surface area contributed by atoms with Crippen LogP contribution in [0.5, 0.6) is 0 Å². The molecule has 0 amide bonds. The van der Waals surface area contributed by atoms with Gasteiger partial charge in [0.1, 0.15) is 0 Å². The minimum absolute atomic E-state index is 0.343. The minimum Gasteiger partial charge on any atom is -0.382 e. The van der Waals surface area contributed by atoms with Gasteiger partial charge in [0.15, 0.2) is 0 Å². The third kappa shape index (κ3) is 5.22. The zero-order chi connectivity index (χ0) is 8.69. The van der Waals surface area contributed by atoms with Crippen molar-refractivity contribution in [1.29, 1.82) is 0 Å². The van der Waals surface area contributed by atoms with Crippen LogP contribution in [0.1, 0.15) is 33.6 Å². The summed E-state index contributed by atoms with van der Waals surface area (Å²) in [4.78, 5) is 0. The maximum atomic E-state index is 5.84. The number of rotatable bonds is 6. The molecule has 2 unspecified atom stereocenters. The highest BCUT2D eigenvalue weighted by Crippen LogP contribution is 2.08. The van der Waals surface area contributed by atoms with Gasteiger partial charge >= 0.3 is 0 Å². The molecule has 2 N–H and O–H groups in total. The summed E-state index contributed by atoms with van der Waals surface area (Å²) in [7, 11) is 0. The Morgan fingerprint density at radius 2 is 2.00 bits per heavy atom. The predicted octanol–water partition coefficient (Wildman–Crippen LogP) is 1.79. The lowest BCUT2D eigenvalue weighted by atomic mass is 9.98. The lowest BCUT2D eigenvalue weighted by Crippen LogP contribution is -2.28. The van der Waals surface area contributed by atoms with E-state index in [1.165, 1.54) is 0 Å². The molecule has 0 saturated heterocycles. The van der Waals surface area contributed by atoms with Crippen molar-refractivity contribution in [2.75, 3.05) is 13.2 Å². The molecule has 0 bridgehead atoms. The Balaban J connectivity index is 3.28. The van der Waals surface area contributed by atoms with Crippen LogP contribution in [0.25, 0.3) is 0 Å². The average Bonchev–Trinajstić information content (AvgIpc) is 2.03. The lowest BCUT2D eigenvalue weighted by molar-refractivity contribution is 0.130. The van der Waals surface area contributed by atoms with Gasteiger partial charge in [0, 0.05) is 19.3 Å². The quantitative estimate of drug-likeness (QED) is 0.600. The molecule has 0 aromatic rings. The van der Waals surface area contributed by atoms with Crippen molar-refractivity contribution < 1.29 is 4.74 Å². The Hall–Kier alpha value is -0.0800. The van der Waals surface area contributed by atoms with E-state index in [0.717, 1.165) is 26.1 Å². The number of ether oxygens (including phenoxy) is 1. The molecule has 0 heterocycles. The molecule has 0 aliphatic rings. The van der Waals surface area contributed by atoms with Crippen LogP contribution in [0.15, 0.2) is 0 Å². The molecular weight excluding hydrogens is 138 g/mol. The van der Waals surface area contributed by atoms with Crippen molar-refractivity contribution in [3.63, 3.8) is 0 Å². The van der Waals surface area contributed by atoms with Crippen LogP contribution >= 0.6 is 0 Å². The zero-order valence-corrected chi connectivity index (χ0v) is 7.97. The molecule has 0 aromatic carbocycles. The van der Waals surface area contributed by atoms with Crippen LogP contribution in [0.4, 0.5) is 0 Å². The molecule has 0 spiro atoms. The van der Waals surface area contributed by atoms with E-state index >= 15 is 0 Å². The van der Waals surface area contributed by atoms with Gasteiger partial charge in [0.25, 0.3) is 0 Å². The monoisotopic (exact) mass is 159 g/mol. The fourth-order valence-electron chi connectivity index (χ4n) is 1.03. The smallest absolute Gasteiger partial charge is 0.0469 e. The molecule has 11 heavy (non-hydrogen) atoms. The Morgan fingerprint density at radius 3 is 2.45 bits per heavy atom. The van der Waals surface area contributed by atoms with E-state index in [1.54, 1.807) is 0 Å². The van der Waals surface area contributed by atoms with Crippen LogP contribution in [0, 0.1) is 5.92 Å². The summed E-state index contributed by atoms with van der Waals surface area (Å²) in [5.41, 5.74) is 5.84. The minimum atomic E-state index is 0.343. The maximum absolute atomic E-state index is 5.84. The van der Waals surface area contributed by atoms with Gasteiger partial charge in [-0.25, -0.2) is 0 Å². The number of hydrogen-bond donors (Lipinski definition) is 1. The van der Waals surface area contributed by atoms with Gasteiger partial charge in [0.05, 0.1) is 0 Å². The lowest BCUT2D eigenvalue weighted by Gasteiger charge is -2.17. The van der Waals surface area contributed by atoms with Gasteiger partial charge in [-0.2, -0.15) is 0 Å². The molecule has 0 aliphatic carbocycles. The molecule has 0 aromatic heterocycles. The second-order valence-corrected chi connectivity index (χ2v) is 3.03. The van der Waals surface area contributed by atoms with Crippen molar-refractivity contribution in [1.82, 2.24) is 0 Å². The first-order valence-corrected chi connectivity index (χ1v) is 4.55. The van der Waals surface area contributed by atoms with Gasteiger partial charge in [-0.1, -0.05) is 13.8 Å². The second-order valence-electron chi connectivity index (χ2n) is 3.03. The normalized spacial score (nSPS) is 16.4. The van der Waals surface area contributed by atoms with Gasteiger partial charge in [-0.3, -0.25) is 0 Å². The highest BCUT2D eigenvalue weighted by atomic mass is 16.5. The van der Waals surface area contributed by atoms with Gasteiger partial charge in [0.2, 0.25) is 0 Å². The first kappa shape index (κ1) is 10.9. The van der Waals surface area contributed by atoms with Gasteiger partial charge < -0.3 is 10.5 Å². The second kappa shape index (κ2) is 6.62. The highest BCUT2D eigenvalue weighted by molar-refractivity contribution is 4.66. The molecule has 2 heteroatoms. The SMILES string of the molecule is CCOCCC(C)C(N)CC. The Morgan fingerprint density at radius 1 is 1.36 bits per heavy atom. The molecule has 0 radical (unpaired) electrons. The van der Waals surface area contributed by atoms with E-state index in [4.69, 9.17) is 10.5 Å². The topological polar surface area (TPSA) is 35.2 Å². The highest BCUT2D eigenvalue weighted by Gasteiger charge is 2.09. The first-order valence-electron chi connectivity index (χ1n) is 4.55. The van der Waals surface area contributed by atoms with Crippen molar-refractivity contribution in [3.8, 4) is 0 Å². The molecule has 2 nitrogen and oxygen atoms in total. The summed E-state index contributed by atoms with van der Waals surface area (Å²) < 4.78 is 5.24. The molecule has 2 atom stereocenters. The Labute approximate surface area is 70.1 Å². The summed E-state index contributed by atoms with van der Waals surface area (Å²) in [6.45, 7) is 8.00. The summed E-state index contributed by atoms with van der Waals surface area (Å²) in [6.07, 6.45) is 2.15. The zero-order valence-electron chi connectivity index (χ0n) is 7.97. The molecule has 0 aliphatic heterocycles. The van der Waals surface area contributed by atoms with Crippen LogP contribution in [0.2, 0.25) is 0 Å². The maximum Gasteiger partial charge on any atom is 0.0469 e. The molecule has 0 rings (SSSR count). The van der Waals surface area contributed by atoms with E-state index < -0.39 is 0 Å². The van der Waals surface area contributed by atoms with Crippen molar-refractivity contribution in [3.05, 3.63) is 0 Å². The van der Waals surface area contributed by atoms with Crippen molar-refractivity contribution in [2.45, 2.75) is 39.7 Å². The van der Waals surface area contributed by atoms with Gasteiger partial charge in [-0.15, -0.1) is 0 Å². The van der Waals surface area contributed by atoms with E-state index in [9.17, 15) is 0 Å². The average molecular weight is 159 g/mol. The summed E-state index contributed by atoms with van der Waals surface area (Å²) in [6, 6.07) is 0.343. The van der Waals surface area contributed by atoms with E-state index in [-0.39, 0.29) is 0 Å². The Kier molecular flexibility index (Phi) is 6.57. The third-order valence-corrected chi connectivity index (χ3v) is 2.12. The number of nitrogens with two attached hydrogens (primary N) is 1. The predicted molar refractivity (Wildman–Crippen MR) is 48.5 cm³/mol. The molecule has 68 valence electrons. The van der Waals surface area contributed by atoms with Crippen LogP contribution in [-0.2, 0) is 4.74 Å². The van der Waals surface area contributed by atoms with Crippen LogP contribution < -0.4 is 5.73 Å². The summed E-state index contributed by atoms with van der Waals surface area (Å²) in [5.74, 6) is 0.589. The van der Waals surface area contributed by atoms with Crippen molar-refractivity contribution in [2.24, 2.45) is 11.7 Å². The summed E-state index contributed by atoms with van der Waals surface area (Å²) >= 11 is 0. The van der Waals surface area contributed by atoms with Gasteiger partial charge in [-0.05, 0) is 25.7 Å². The van der Waals surface area contributed by atoms with Crippen LogP contribution in [0.3, 0.4) is 0 Å². The first-order chi connectivity index (χ1) is 5.22. The van der Waals surface area contributed by atoms with E-state index in [1.807, 2.05) is 6.92 Å².